The van der Waals surface area contributed by atoms with E-state index in [1.807, 2.05) is 38.1 Å². The first kappa shape index (κ1) is 17.3. The summed E-state index contributed by atoms with van der Waals surface area (Å²) in [7, 11) is 0. The Kier molecular flexibility index (Phi) is 6.04. The molecule has 23 heavy (non-hydrogen) atoms. The fourth-order valence-electron chi connectivity index (χ4n) is 2.20. The number of nitrogens with zero attached hydrogens (tertiary/aromatic N) is 1. The maximum atomic E-state index is 12.0. The molecule has 0 aliphatic heterocycles. The Hall–Kier alpha value is -2.01. The Morgan fingerprint density at radius 1 is 1.39 bits per heavy atom. The number of carbonyl (C=O) groups excluding carboxylic acids is 1. The highest BCUT2D eigenvalue weighted by atomic mass is 35.5. The van der Waals surface area contributed by atoms with Crippen LogP contribution in [0.25, 0.3) is 0 Å². The molecular weight excluding hydrogens is 316 g/mol. The average molecular weight is 337 g/mol. The third-order valence-electron chi connectivity index (χ3n) is 3.53. The van der Waals surface area contributed by atoms with Gasteiger partial charge in [0.15, 0.2) is 0 Å². The quantitative estimate of drug-likeness (QED) is 0.841. The van der Waals surface area contributed by atoms with Crippen LogP contribution in [0.5, 0.6) is 5.75 Å². The molecule has 1 aromatic carbocycles. The molecule has 1 aromatic heterocycles. The van der Waals surface area contributed by atoms with Gasteiger partial charge in [-0.25, -0.2) is 0 Å². The number of halogens is 1. The Morgan fingerprint density at radius 3 is 2.78 bits per heavy atom. The Bertz CT molecular complexity index is 650. The summed E-state index contributed by atoms with van der Waals surface area (Å²) in [6, 6.07) is 7.72. The van der Waals surface area contributed by atoms with Gasteiger partial charge < -0.3 is 14.6 Å². The number of hydrogen-bond acceptors (Lipinski definition) is 4. The lowest BCUT2D eigenvalue weighted by Crippen LogP contribution is -2.36. The molecule has 0 bridgehead atoms. The minimum atomic E-state index is -0.0823. The fourth-order valence-corrected chi connectivity index (χ4v) is 2.47. The van der Waals surface area contributed by atoms with E-state index < -0.39 is 0 Å². The van der Waals surface area contributed by atoms with Crippen LogP contribution >= 0.6 is 11.6 Å². The molecule has 1 amide bonds. The number of para-hydroxylation sites is 1. The number of carbonyl (C=O) groups is 1. The second kappa shape index (κ2) is 8.02. The van der Waals surface area contributed by atoms with Crippen molar-refractivity contribution in [2.75, 3.05) is 6.61 Å². The van der Waals surface area contributed by atoms with E-state index in [1.165, 1.54) is 0 Å². The average Bonchev–Trinajstić information content (AvgIpc) is 2.83. The lowest BCUT2D eigenvalue weighted by molar-refractivity contribution is -0.121. The lowest BCUT2D eigenvalue weighted by atomic mass is 10.1. The maximum absolute atomic E-state index is 12.0. The first-order valence-electron chi connectivity index (χ1n) is 7.55. The molecule has 0 spiro atoms. The van der Waals surface area contributed by atoms with Gasteiger partial charge in [0, 0.05) is 12.0 Å². The van der Waals surface area contributed by atoms with Gasteiger partial charge >= 0.3 is 0 Å². The summed E-state index contributed by atoms with van der Waals surface area (Å²) in [5.74, 6) is 0.781. The van der Waals surface area contributed by atoms with E-state index in [9.17, 15) is 4.79 Å². The highest BCUT2D eigenvalue weighted by Gasteiger charge is 2.14. The minimum absolute atomic E-state index is 0.0532. The van der Waals surface area contributed by atoms with E-state index in [-0.39, 0.29) is 17.2 Å². The van der Waals surface area contributed by atoms with E-state index in [0.717, 1.165) is 22.6 Å². The zero-order valence-electron chi connectivity index (χ0n) is 13.6. The van der Waals surface area contributed by atoms with Crippen molar-refractivity contribution in [2.45, 2.75) is 39.7 Å². The highest BCUT2D eigenvalue weighted by Crippen LogP contribution is 2.20. The van der Waals surface area contributed by atoms with E-state index >= 15 is 0 Å². The van der Waals surface area contributed by atoms with E-state index in [4.69, 9.17) is 20.9 Å². The Morgan fingerprint density at radius 2 is 2.13 bits per heavy atom. The predicted molar refractivity (Wildman–Crippen MR) is 88.8 cm³/mol. The number of aromatic nitrogens is 1. The SMILES string of the molecule is Cc1ccccc1OC[C@H](C)NC(=O)CCc1c(C)noc1Cl. The number of amides is 1. The van der Waals surface area contributed by atoms with Crippen LogP contribution in [-0.2, 0) is 11.2 Å². The first-order chi connectivity index (χ1) is 11.0. The number of nitrogens with one attached hydrogen (secondary N) is 1. The van der Waals surface area contributed by atoms with Gasteiger partial charge in [0.25, 0.3) is 0 Å². The molecule has 1 atom stereocenters. The van der Waals surface area contributed by atoms with Crippen LogP contribution < -0.4 is 10.1 Å². The summed E-state index contributed by atoms with van der Waals surface area (Å²) in [6.07, 6.45) is 0.835. The summed E-state index contributed by atoms with van der Waals surface area (Å²) in [5.41, 5.74) is 2.58. The fraction of sp³-hybridized carbons (Fsp3) is 0.412. The zero-order chi connectivity index (χ0) is 16.8. The van der Waals surface area contributed by atoms with E-state index in [2.05, 4.69) is 10.5 Å². The molecule has 0 unspecified atom stereocenters. The van der Waals surface area contributed by atoms with Crippen molar-refractivity contribution in [2.24, 2.45) is 0 Å². The van der Waals surface area contributed by atoms with Crippen molar-refractivity contribution in [3.63, 3.8) is 0 Å². The number of ether oxygens (including phenoxy) is 1. The molecule has 0 saturated heterocycles. The van der Waals surface area contributed by atoms with Gasteiger partial charge in [-0.05, 0) is 50.4 Å². The molecule has 0 aliphatic carbocycles. The van der Waals surface area contributed by atoms with Gasteiger partial charge in [-0.3, -0.25) is 4.79 Å². The van der Waals surface area contributed by atoms with Gasteiger partial charge in [0.2, 0.25) is 11.1 Å². The second-order valence-electron chi connectivity index (χ2n) is 5.57. The van der Waals surface area contributed by atoms with Gasteiger partial charge in [0.1, 0.15) is 12.4 Å². The molecule has 0 saturated carbocycles. The number of aryl methyl sites for hydroxylation is 2. The number of hydrogen-bond donors (Lipinski definition) is 1. The predicted octanol–water partition coefficient (Wildman–Crippen LogP) is 3.46. The summed E-state index contributed by atoms with van der Waals surface area (Å²) >= 11 is 5.89. The molecule has 0 aliphatic rings. The van der Waals surface area contributed by atoms with Gasteiger partial charge in [-0.2, -0.15) is 0 Å². The van der Waals surface area contributed by atoms with Crippen LogP contribution in [0.2, 0.25) is 5.22 Å². The van der Waals surface area contributed by atoms with Crippen LogP contribution in [0.1, 0.15) is 30.2 Å². The molecule has 0 radical (unpaired) electrons. The first-order valence-corrected chi connectivity index (χ1v) is 7.93. The van der Waals surface area contributed by atoms with Crippen LogP contribution in [0.4, 0.5) is 0 Å². The molecular formula is C17H21ClN2O3. The van der Waals surface area contributed by atoms with Crippen molar-refractivity contribution < 1.29 is 14.1 Å². The van der Waals surface area contributed by atoms with Crippen molar-refractivity contribution in [3.05, 3.63) is 46.3 Å². The van der Waals surface area contributed by atoms with Crippen LogP contribution in [0.15, 0.2) is 28.8 Å². The molecule has 6 heteroatoms. The smallest absolute Gasteiger partial charge is 0.229 e. The van der Waals surface area contributed by atoms with Crippen LogP contribution in [-0.4, -0.2) is 23.7 Å². The normalized spacial score (nSPS) is 12.0. The molecule has 1 heterocycles. The second-order valence-corrected chi connectivity index (χ2v) is 5.91. The molecule has 124 valence electrons. The van der Waals surface area contributed by atoms with Crippen molar-refractivity contribution in [1.29, 1.82) is 0 Å². The van der Waals surface area contributed by atoms with Crippen LogP contribution in [0.3, 0.4) is 0 Å². The maximum Gasteiger partial charge on any atom is 0.229 e. The van der Waals surface area contributed by atoms with E-state index in [1.54, 1.807) is 6.92 Å². The molecule has 2 rings (SSSR count). The van der Waals surface area contributed by atoms with Gasteiger partial charge in [-0.15, -0.1) is 0 Å². The molecule has 5 nitrogen and oxygen atoms in total. The molecule has 1 N–H and O–H groups in total. The Balaban J connectivity index is 1.75. The summed E-state index contributed by atoms with van der Waals surface area (Å²) in [4.78, 5) is 12.0. The molecule has 2 aromatic rings. The minimum Gasteiger partial charge on any atom is -0.491 e. The van der Waals surface area contributed by atoms with Crippen molar-refractivity contribution >= 4 is 17.5 Å². The topological polar surface area (TPSA) is 64.4 Å². The van der Waals surface area contributed by atoms with E-state index in [0.29, 0.717) is 19.4 Å². The third-order valence-corrected chi connectivity index (χ3v) is 3.83. The molecule has 0 fully saturated rings. The largest absolute Gasteiger partial charge is 0.491 e. The summed E-state index contributed by atoms with van der Waals surface area (Å²) < 4.78 is 10.6. The third kappa shape index (κ3) is 4.99. The summed E-state index contributed by atoms with van der Waals surface area (Å²) in [6.45, 7) is 6.13. The summed E-state index contributed by atoms with van der Waals surface area (Å²) in [5, 5.41) is 6.94. The lowest BCUT2D eigenvalue weighted by Gasteiger charge is -2.16. The number of benzene rings is 1. The Labute approximate surface area is 141 Å². The van der Waals surface area contributed by atoms with Gasteiger partial charge in [0.05, 0.1) is 11.7 Å². The number of rotatable bonds is 7. The highest BCUT2D eigenvalue weighted by molar-refractivity contribution is 6.29. The zero-order valence-corrected chi connectivity index (χ0v) is 14.3. The van der Waals surface area contributed by atoms with Crippen molar-refractivity contribution in [1.82, 2.24) is 10.5 Å². The standard InChI is InChI=1S/C17H21ClN2O3/c1-11-6-4-5-7-15(11)22-10-12(2)19-16(21)9-8-14-13(3)20-23-17(14)18/h4-7,12H,8-10H2,1-3H3,(H,19,21)/t12-/m0/s1. The van der Waals surface area contributed by atoms with Crippen LogP contribution in [0, 0.1) is 13.8 Å². The van der Waals surface area contributed by atoms with Crippen molar-refractivity contribution in [3.8, 4) is 5.75 Å². The van der Waals surface area contributed by atoms with Gasteiger partial charge in [-0.1, -0.05) is 23.4 Å². The monoisotopic (exact) mass is 336 g/mol.